The third-order valence-electron chi connectivity index (χ3n) is 6.12. The Bertz CT molecular complexity index is 1130. The van der Waals surface area contributed by atoms with E-state index in [9.17, 15) is 13.6 Å². The molecule has 0 bridgehead atoms. The highest BCUT2D eigenvalue weighted by Crippen LogP contribution is 2.28. The predicted molar refractivity (Wildman–Crippen MR) is 113 cm³/mol. The fourth-order valence-corrected chi connectivity index (χ4v) is 4.34. The van der Waals surface area contributed by atoms with Crippen LogP contribution in [-0.2, 0) is 22.4 Å². The molecular weight excluding hydrogens is 434 g/mol. The maximum absolute atomic E-state index is 13.5. The second-order valence-electron chi connectivity index (χ2n) is 8.25. The summed E-state index contributed by atoms with van der Waals surface area (Å²) in [5.74, 6) is -1.25. The number of nitrogens with zero attached hydrogens (tertiary/aromatic N) is 5. The molecule has 2 aromatic heterocycles. The second-order valence-corrected chi connectivity index (χ2v) is 8.25. The molecule has 0 spiro atoms. The van der Waals surface area contributed by atoms with Gasteiger partial charge in [0.15, 0.2) is 11.6 Å². The Morgan fingerprint density at radius 2 is 1.73 bits per heavy atom. The van der Waals surface area contributed by atoms with E-state index in [1.54, 1.807) is 12.4 Å². The first kappa shape index (κ1) is 21.2. The van der Waals surface area contributed by atoms with Crippen LogP contribution >= 0.6 is 0 Å². The van der Waals surface area contributed by atoms with Gasteiger partial charge < -0.3 is 19.4 Å². The van der Waals surface area contributed by atoms with Gasteiger partial charge in [-0.1, -0.05) is 5.10 Å². The summed E-state index contributed by atoms with van der Waals surface area (Å²) in [6.45, 7) is 1.25. The van der Waals surface area contributed by atoms with E-state index >= 15 is 0 Å². The van der Waals surface area contributed by atoms with Crippen LogP contribution in [0.1, 0.15) is 24.0 Å². The van der Waals surface area contributed by atoms with E-state index in [-0.39, 0.29) is 17.9 Å². The lowest BCUT2D eigenvalue weighted by Gasteiger charge is -2.28. The highest BCUT2D eigenvalue weighted by Gasteiger charge is 2.28. The number of nitrogens with one attached hydrogen (secondary N) is 1. The van der Waals surface area contributed by atoms with Gasteiger partial charge in [-0.2, -0.15) is 0 Å². The van der Waals surface area contributed by atoms with Crippen molar-refractivity contribution in [1.29, 1.82) is 0 Å². The van der Waals surface area contributed by atoms with Crippen LogP contribution in [0.2, 0.25) is 0 Å². The lowest BCUT2D eigenvalue weighted by atomic mass is 9.97. The number of rotatable bonds is 5. The molecule has 2 aliphatic rings. The number of piperidine rings is 1. The Kier molecular flexibility index (Phi) is 5.61. The highest BCUT2D eigenvalue weighted by atomic mass is 19.2. The minimum Gasteiger partial charge on any atom is -0.469 e. The number of halogens is 2. The van der Waals surface area contributed by atoms with Crippen molar-refractivity contribution in [2.75, 3.05) is 30.4 Å². The summed E-state index contributed by atoms with van der Waals surface area (Å²) in [5.41, 5.74) is 2.15. The van der Waals surface area contributed by atoms with E-state index in [1.807, 2.05) is 4.90 Å². The zero-order chi connectivity index (χ0) is 22.9. The van der Waals surface area contributed by atoms with E-state index in [1.165, 1.54) is 19.2 Å². The molecule has 0 unspecified atom stereocenters. The highest BCUT2D eigenvalue weighted by molar-refractivity contribution is 5.72. The van der Waals surface area contributed by atoms with Crippen LogP contribution in [0.5, 0.6) is 0 Å². The van der Waals surface area contributed by atoms with Gasteiger partial charge in [-0.3, -0.25) is 4.79 Å². The summed E-state index contributed by atoms with van der Waals surface area (Å²) in [4.78, 5) is 22.2. The molecule has 5 rings (SSSR count). The van der Waals surface area contributed by atoms with Gasteiger partial charge >= 0.3 is 12.0 Å². The first-order valence-corrected chi connectivity index (χ1v) is 10.7. The normalized spacial score (nSPS) is 16.6. The van der Waals surface area contributed by atoms with Crippen molar-refractivity contribution in [3.8, 4) is 11.5 Å². The molecule has 0 amide bonds. The van der Waals surface area contributed by atoms with Crippen LogP contribution in [0.3, 0.4) is 0 Å². The Hall–Kier alpha value is -3.63. The summed E-state index contributed by atoms with van der Waals surface area (Å²) in [6.07, 6.45) is 5.63. The molecule has 1 saturated heterocycles. The predicted octanol–water partition coefficient (Wildman–Crippen LogP) is 2.77. The second kappa shape index (κ2) is 8.72. The van der Waals surface area contributed by atoms with Gasteiger partial charge in [-0.15, -0.1) is 5.10 Å². The molecule has 1 aliphatic carbocycles. The fourth-order valence-electron chi connectivity index (χ4n) is 4.34. The van der Waals surface area contributed by atoms with Crippen LogP contribution in [0.25, 0.3) is 11.5 Å². The van der Waals surface area contributed by atoms with Crippen molar-refractivity contribution in [3.63, 3.8) is 0 Å². The number of carbonyl (C=O) groups is 1. The van der Waals surface area contributed by atoms with Crippen LogP contribution in [-0.4, -0.2) is 52.4 Å². The van der Waals surface area contributed by atoms with E-state index < -0.39 is 11.6 Å². The van der Waals surface area contributed by atoms with Crippen LogP contribution < -0.4 is 10.2 Å². The van der Waals surface area contributed by atoms with Gasteiger partial charge in [-0.05, 0) is 48.9 Å². The Labute approximate surface area is 188 Å². The zero-order valence-corrected chi connectivity index (χ0v) is 17.9. The standard InChI is InChI=1S/C22H22F2N6O3/c1-32-20(31)12-2-4-30(5-3-12)22-29-28-19(33-22)15-10-25-21(26-11-15)27-16-6-13-8-17(23)18(24)9-14(13)7-16/h8-12,16H,2-7H2,1H3,(H,25,26,27). The van der Waals surface area contributed by atoms with Gasteiger partial charge in [0.05, 0.1) is 18.6 Å². The molecule has 0 radical (unpaired) electrons. The van der Waals surface area contributed by atoms with Crippen molar-refractivity contribution in [3.05, 3.63) is 47.3 Å². The van der Waals surface area contributed by atoms with Crippen molar-refractivity contribution < 1.29 is 22.7 Å². The quantitative estimate of drug-likeness (QED) is 0.580. The number of carbonyl (C=O) groups excluding carboxylic acids is 1. The molecule has 1 aliphatic heterocycles. The lowest BCUT2D eigenvalue weighted by Crippen LogP contribution is -2.36. The van der Waals surface area contributed by atoms with Crippen LogP contribution in [0, 0.1) is 17.6 Å². The topological polar surface area (TPSA) is 106 Å². The van der Waals surface area contributed by atoms with Crippen molar-refractivity contribution >= 4 is 17.9 Å². The van der Waals surface area contributed by atoms with Crippen molar-refractivity contribution in [2.45, 2.75) is 31.7 Å². The van der Waals surface area contributed by atoms with Gasteiger partial charge in [0.2, 0.25) is 5.95 Å². The van der Waals surface area contributed by atoms with E-state index in [2.05, 4.69) is 25.5 Å². The summed E-state index contributed by atoms with van der Waals surface area (Å²) in [6, 6.07) is 2.84. The molecule has 11 heteroatoms. The Balaban J connectivity index is 1.20. The average molecular weight is 456 g/mol. The summed E-state index contributed by atoms with van der Waals surface area (Å²) < 4.78 is 37.5. The minimum absolute atomic E-state index is 0.0463. The molecule has 9 nitrogen and oxygen atoms in total. The third kappa shape index (κ3) is 4.35. The van der Waals surface area contributed by atoms with Gasteiger partial charge in [0.1, 0.15) is 0 Å². The van der Waals surface area contributed by atoms with Crippen molar-refractivity contribution in [2.24, 2.45) is 5.92 Å². The largest absolute Gasteiger partial charge is 0.469 e. The van der Waals surface area contributed by atoms with Gasteiger partial charge in [0, 0.05) is 31.5 Å². The van der Waals surface area contributed by atoms with Gasteiger partial charge in [0.25, 0.3) is 5.89 Å². The monoisotopic (exact) mass is 456 g/mol. The van der Waals surface area contributed by atoms with Crippen LogP contribution in [0.4, 0.5) is 20.7 Å². The smallest absolute Gasteiger partial charge is 0.318 e. The van der Waals surface area contributed by atoms with Crippen molar-refractivity contribution in [1.82, 2.24) is 20.2 Å². The molecule has 1 N–H and O–H groups in total. The Morgan fingerprint density at radius 1 is 1.09 bits per heavy atom. The molecule has 3 heterocycles. The molecule has 33 heavy (non-hydrogen) atoms. The fraction of sp³-hybridized carbons (Fsp3) is 0.409. The number of ether oxygens (including phenoxy) is 1. The van der Waals surface area contributed by atoms with E-state index in [0.717, 1.165) is 11.1 Å². The first-order valence-electron chi connectivity index (χ1n) is 10.7. The number of methoxy groups -OCH3 is 1. The molecule has 0 saturated carbocycles. The van der Waals surface area contributed by atoms with E-state index in [4.69, 9.17) is 9.15 Å². The third-order valence-corrected chi connectivity index (χ3v) is 6.12. The lowest BCUT2D eigenvalue weighted by molar-refractivity contribution is -0.146. The molecule has 172 valence electrons. The molecular formula is C22H22F2N6O3. The molecule has 0 atom stereocenters. The zero-order valence-electron chi connectivity index (χ0n) is 17.9. The molecule has 1 fully saturated rings. The number of esters is 1. The average Bonchev–Trinajstić information content (AvgIpc) is 3.47. The summed E-state index contributed by atoms with van der Waals surface area (Å²) >= 11 is 0. The molecule has 3 aromatic rings. The number of fused-ring (bicyclic) bond motifs is 1. The number of benzene rings is 1. The van der Waals surface area contributed by atoms with Gasteiger partial charge in [-0.25, -0.2) is 18.7 Å². The maximum atomic E-state index is 13.5. The van der Waals surface area contributed by atoms with Crippen LogP contribution in [0.15, 0.2) is 28.9 Å². The number of aromatic nitrogens is 4. The minimum atomic E-state index is -0.832. The summed E-state index contributed by atoms with van der Waals surface area (Å²) in [5, 5.41) is 11.4. The number of hydrogen-bond acceptors (Lipinski definition) is 9. The Morgan fingerprint density at radius 3 is 2.33 bits per heavy atom. The van der Waals surface area contributed by atoms with E-state index in [0.29, 0.717) is 62.2 Å². The summed E-state index contributed by atoms with van der Waals surface area (Å²) in [7, 11) is 1.40. The SMILES string of the molecule is COC(=O)C1CCN(c2nnc(-c3cnc(NC4Cc5cc(F)c(F)cc5C4)nc3)o2)CC1. The number of hydrogen-bond donors (Lipinski definition) is 1. The maximum Gasteiger partial charge on any atom is 0.318 e. The first-order chi connectivity index (χ1) is 16.0. The molecule has 1 aromatic carbocycles. The number of anilines is 2.